The van der Waals surface area contributed by atoms with Gasteiger partial charge in [0.1, 0.15) is 21.0 Å². The van der Waals surface area contributed by atoms with Gasteiger partial charge < -0.3 is 12.3 Å². The monoisotopic (exact) mass is 181 g/mol. The maximum absolute atomic E-state index is 5.03. The summed E-state index contributed by atoms with van der Waals surface area (Å²) >= 11 is 0. The maximum Gasteiger partial charge on any atom is 0.284 e. The Balaban J connectivity index is 0. The van der Waals surface area contributed by atoms with Crippen LogP contribution in [0.2, 0.25) is 0 Å². The van der Waals surface area contributed by atoms with Crippen molar-refractivity contribution < 1.29 is 12.3 Å². The molecule has 0 bridgehead atoms. The van der Waals surface area contributed by atoms with Gasteiger partial charge in [-0.25, -0.2) is 0 Å². The first kappa shape index (κ1) is 11.6. The molecule has 0 heterocycles. The van der Waals surface area contributed by atoms with E-state index in [1.54, 1.807) is 0 Å². The largest absolute Gasteiger partial charge is 0.449 e. The molecule has 8 heteroatoms. The highest BCUT2D eigenvalue weighted by molar-refractivity contribution is 6.40. The van der Waals surface area contributed by atoms with E-state index in [-0.39, 0.29) is 8.41 Å². The molecule has 0 atom stereocenters. The molecule has 47 valence electrons. The van der Waals surface area contributed by atoms with Crippen LogP contribution >= 0.6 is 0 Å². The Labute approximate surface area is 62.3 Å². The minimum absolute atomic E-state index is 0. The second-order valence-corrected chi connectivity index (χ2v) is 7.74. The molecule has 0 unspecified atom stereocenters. The predicted molar refractivity (Wildman–Crippen MR) is 46.0 cm³/mol. The van der Waals surface area contributed by atoms with Gasteiger partial charge in [0, 0.05) is 8.41 Å². The molecule has 0 aromatic carbocycles. The first-order valence-corrected chi connectivity index (χ1v) is 5.91. The average Bonchev–Trinajstić information content (AvgIpc) is 1.69. The molecule has 0 aromatic rings. The van der Waals surface area contributed by atoms with Gasteiger partial charge in [-0.15, -0.1) is 0 Å². The quantitative estimate of drug-likeness (QED) is 0.322. The van der Waals surface area contributed by atoms with Gasteiger partial charge in [0.25, 0.3) is 20.0 Å². The first-order valence-electron chi connectivity index (χ1n) is 1.97. The van der Waals surface area contributed by atoms with Crippen LogP contribution in [0.5, 0.6) is 0 Å². The fourth-order valence-electron chi connectivity index (χ4n) is 0.201. The van der Waals surface area contributed by atoms with Crippen molar-refractivity contribution in [3.8, 4) is 0 Å². The first-order chi connectivity index (χ1) is 3.41. The summed E-state index contributed by atoms with van der Waals surface area (Å²) in [6, 6.07) is 0. The Kier molecular flexibility index (Phi) is 15.5. The van der Waals surface area contributed by atoms with E-state index in [0.717, 1.165) is 21.0 Å². The summed E-state index contributed by atoms with van der Waals surface area (Å²) in [6.07, 6.45) is 0. The van der Waals surface area contributed by atoms with E-state index < -0.39 is 20.0 Å². The van der Waals surface area contributed by atoms with Crippen molar-refractivity contribution in [1.29, 1.82) is 0 Å². The summed E-state index contributed by atoms with van der Waals surface area (Å²) in [7, 11) is 0.504. The fraction of sp³-hybridized carbons (Fsp3) is 0. The molecule has 0 aliphatic heterocycles. The Hall–Kier alpha value is 0.812. The molecule has 0 fully saturated rings. The van der Waals surface area contributed by atoms with Crippen LogP contribution in [0.1, 0.15) is 0 Å². The highest BCUT2D eigenvalue weighted by Crippen LogP contribution is 1.63. The molecule has 3 radical (unpaired) electrons. The number of hydrogen-bond donors (Lipinski definition) is 0. The number of rotatable bonds is 4. The molecule has 0 rings (SSSR count). The lowest BCUT2D eigenvalue weighted by atomic mass is 10.8. The van der Waals surface area contributed by atoms with Gasteiger partial charge in [0.15, 0.2) is 0 Å². The van der Waals surface area contributed by atoms with Crippen molar-refractivity contribution in [2.75, 3.05) is 0 Å². The summed E-state index contributed by atoms with van der Waals surface area (Å²) in [6.45, 7) is 0. The topological polar surface area (TPSA) is 27.7 Å². The Bertz CT molecular complexity index is 30.5. The van der Waals surface area contributed by atoms with Crippen LogP contribution in [-0.2, 0) is 12.3 Å². The molecular weight excluding hydrogens is 171 g/mol. The van der Waals surface area contributed by atoms with Gasteiger partial charge in [-0.05, 0) is 0 Å². The predicted octanol–water partition coefficient (Wildman–Crippen LogP) is -4.79. The maximum atomic E-state index is 5.03. The average molecular weight is 181 g/mol. The van der Waals surface area contributed by atoms with Crippen molar-refractivity contribution in [1.82, 2.24) is 0 Å². The summed E-state index contributed by atoms with van der Waals surface area (Å²) in [5.74, 6) is 0. The molecular formula is H10BO3Si4. The molecule has 0 spiro atoms. The third-order valence-electron chi connectivity index (χ3n) is 0.402. The molecule has 3 nitrogen and oxygen atoms in total. The number of hydrogen-bond acceptors (Lipinski definition) is 3. The highest BCUT2D eigenvalue weighted by Gasteiger charge is 1.80. The van der Waals surface area contributed by atoms with Gasteiger partial charge in [-0.2, -0.15) is 0 Å². The Morgan fingerprint density at radius 3 is 1.62 bits per heavy atom. The van der Waals surface area contributed by atoms with Crippen molar-refractivity contribution in [2.45, 2.75) is 0 Å². The second-order valence-electron chi connectivity index (χ2n) is 1.02. The van der Waals surface area contributed by atoms with E-state index in [1.807, 2.05) is 0 Å². The van der Waals surface area contributed by atoms with Crippen LogP contribution in [0.15, 0.2) is 0 Å². The smallest absolute Gasteiger partial charge is 0.284 e. The summed E-state index contributed by atoms with van der Waals surface area (Å²) in [5.41, 5.74) is 0. The zero-order valence-electron chi connectivity index (χ0n) is 5.22. The van der Waals surface area contributed by atoms with Crippen LogP contribution < -0.4 is 0 Å². The zero-order chi connectivity index (χ0) is 5.54. The lowest BCUT2D eigenvalue weighted by Gasteiger charge is -1.97. The van der Waals surface area contributed by atoms with Gasteiger partial charge in [-0.3, -0.25) is 0 Å². The third kappa shape index (κ3) is 9.94. The molecule has 0 N–H and O–H groups in total. The Morgan fingerprint density at radius 1 is 1.00 bits per heavy atom. The van der Waals surface area contributed by atoms with Crippen molar-refractivity contribution >= 4 is 49.4 Å². The minimum Gasteiger partial charge on any atom is -0.449 e. The molecule has 0 aliphatic rings. The van der Waals surface area contributed by atoms with Crippen LogP contribution in [0.25, 0.3) is 0 Å². The van der Waals surface area contributed by atoms with E-state index in [0.29, 0.717) is 0 Å². The van der Waals surface area contributed by atoms with Crippen LogP contribution in [0.3, 0.4) is 0 Å². The van der Waals surface area contributed by atoms with Crippen molar-refractivity contribution in [3.63, 3.8) is 0 Å². The SMILES string of the molecule is [B].[SiH3]O[SiH2]O[SiH2]O[SiH3]. The lowest BCUT2D eigenvalue weighted by molar-refractivity contribution is 0.443. The van der Waals surface area contributed by atoms with Crippen molar-refractivity contribution in [2.24, 2.45) is 0 Å². The normalized spacial score (nSPS) is 12.0. The molecule has 0 saturated heterocycles. The molecule has 0 saturated carbocycles. The van der Waals surface area contributed by atoms with Crippen LogP contribution in [-0.4, -0.2) is 49.4 Å². The molecule has 0 aromatic heterocycles. The minimum atomic E-state index is -0.569. The van der Waals surface area contributed by atoms with Gasteiger partial charge in [0.05, 0.1) is 0 Å². The lowest BCUT2D eigenvalue weighted by Crippen LogP contribution is -2.08. The standard InChI is InChI=1S/B.H10O3Si4/c;4-1-6-3-7-2-5/h;6-7H2,4-5H3. The molecule has 8 heavy (non-hydrogen) atoms. The van der Waals surface area contributed by atoms with Crippen LogP contribution in [0.4, 0.5) is 0 Å². The summed E-state index contributed by atoms with van der Waals surface area (Å²) in [4.78, 5) is 0. The van der Waals surface area contributed by atoms with E-state index in [2.05, 4.69) is 0 Å². The van der Waals surface area contributed by atoms with E-state index in [4.69, 9.17) is 12.3 Å². The third-order valence-corrected chi connectivity index (χ3v) is 3.62. The van der Waals surface area contributed by atoms with E-state index in [1.165, 1.54) is 0 Å². The van der Waals surface area contributed by atoms with Crippen molar-refractivity contribution in [3.05, 3.63) is 0 Å². The summed E-state index contributed by atoms with van der Waals surface area (Å²) < 4.78 is 14.8. The second kappa shape index (κ2) is 10.7. The van der Waals surface area contributed by atoms with E-state index in [9.17, 15) is 0 Å². The van der Waals surface area contributed by atoms with E-state index >= 15 is 0 Å². The summed E-state index contributed by atoms with van der Waals surface area (Å²) in [5, 5.41) is 0. The highest BCUT2D eigenvalue weighted by atomic mass is 28.4. The van der Waals surface area contributed by atoms with Gasteiger partial charge >= 0.3 is 0 Å². The van der Waals surface area contributed by atoms with Gasteiger partial charge in [-0.1, -0.05) is 0 Å². The van der Waals surface area contributed by atoms with Crippen LogP contribution in [0, 0.1) is 0 Å². The zero-order valence-corrected chi connectivity index (χ0v) is 12.0. The molecule has 0 aliphatic carbocycles. The Morgan fingerprint density at radius 2 is 1.38 bits per heavy atom. The van der Waals surface area contributed by atoms with Gasteiger partial charge in [0.2, 0.25) is 0 Å². The fourth-order valence-corrected chi connectivity index (χ4v) is 4.81. The molecule has 0 amide bonds.